The molecule has 1 aliphatic rings. The molecular formula is C16H23NO2. The molecule has 19 heavy (non-hydrogen) atoms. The molecule has 0 atom stereocenters. The Morgan fingerprint density at radius 3 is 2.63 bits per heavy atom. The third-order valence-corrected chi connectivity index (χ3v) is 4.17. The summed E-state index contributed by atoms with van der Waals surface area (Å²) in [5.74, 6) is 0.595. The third kappa shape index (κ3) is 3.57. The van der Waals surface area contributed by atoms with Gasteiger partial charge in [-0.15, -0.1) is 0 Å². The number of carbonyl (C=O) groups excluding carboxylic acids is 1. The van der Waals surface area contributed by atoms with Crippen LogP contribution in [0, 0.1) is 12.8 Å². The number of amides is 1. The fraction of sp³-hybridized carbons (Fsp3) is 0.562. The van der Waals surface area contributed by atoms with Crippen molar-refractivity contribution in [1.29, 1.82) is 0 Å². The van der Waals surface area contributed by atoms with E-state index in [-0.39, 0.29) is 5.91 Å². The lowest BCUT2D eigenvalue weighted by Crippen LogP contribution is -2.45. The zero-order valence-electron chi connectivity index (χ0n) is 11.8. The molecule has 0 spiro atoms. The maximum atomic E-state index is 12.1. The molecule has 0 saturated heterocycles. The van der Waals surface area contributed by atoms with Crippen molar-refractivity contribution in [2.75, 3.05) is 6.54 Å². The summed E-state index contributed by atoms with van der Waals surface area (Å²) in [6.45, 7) is 4.49. The Kier molecular flexibility index (Phi) is 4.25. The summed E-state index contributed by atoms with van der Waals surface area (Å²) in [6, 6.07) is 7.52. The molecule has 2 N–H and O–H groups in total. The Bertz CT molecular complexity index is 448. The lowest BCUT2D eigenvalue weighted by Gasteiger charge is -2.35. The summed E-state index contributed by atoms with van der Waals surface area (Å²) in [6.07, 6.45) is 3.64. The van der Waals surface area contributed by atoms with Crippen molar-refractivity contribution in [2.24, 2.45) is 5.92 Å². The molecule has 104 valence electrons. The number of hydrogen-bond acceptors (Lipinski definition) is 2. The summed E-state index contributed by atoms with van der Waals surface area (Å²) in [5.41, 5.74) is 0.935. The van der Waals surface area contributed by atoms with Crippen molar-refractivity contribution in [2.45, 2.75) is 45.1 Å². The molecule has 0 aromatic heterocycles. The number of nitrogens with one attached hydrogen (secondary N) is 1. The molecule has 0 heterocycles. The predicted octanol–water partition coefficient (Wildman–Crippen LogP) is 2.67. The first-order valence-corrected chi connectivity index (χ1v) is 7.06. The van der Waals surface area contributed by atoms with Crippen LogP contribution >= 0.6 is 0 Å². The van der Waals surface area contributed by atoms with E-state index in [1.165, 1.54) is 0 Å². The summed E-state index contributed by atoms with van der Waals surface area (Å²) < 4.78 is 0. The van der Waals surface area contributed by atoms with Gasteiger partial charge in [0.15, 0.2) is 0 Å². The van der Waals surface area contributed by atoms with Crippen LogP contribution in [0.4, 0.5) is 0 Å². The highest BCUT2D eigenvalue weighted by atomic mass is 16.3. The second kappa shape index (κ2) is 5.74. The third-order valence-electron chi connectivity index (χ3n) is 4.17. The van der Waals surface area contributed by atoms with Crippen molar-refractivity contribution in [3.05, 3.63) is 35.4 Å². The van der Waals surface area contributed by atoms with E-state index in [1.54, 1.807) is 0 Å². The van der Waals surface area contributed by atoms with Gasteiger partial charge in [0.05, 0.1) is 5.60 Å². The zero-order valence-corrected chi connectivity index (χ0v) is 11.8. The minimum Gasteiger partial charge on any atom is -0.388 e. The van der Waals surface area contributed by atoms with Crippen molar-refractivity contribution >= 4 is 5.91 Å². The smallest absolute Gasteiger partial charge is 0.251 e. The van der Waals surface area contributed by atoms with Crippen LogP contribution in [0.5, 0.6) is 0 Å². The van der Waals surface area contributed by atoms with E-state index in [9.17, 15) is 9.90 Å². The van der Waals surface area contributed by atoms with Gasteiger partial charge in [-0.05, 0) is 50.2 Å². The molecule has 2 rings (SSSR count). The summed E-state index contributed by atoms with van der Waals surface area (Å²) >= 11 is 0. The average molecular weight is 261 g/mol. The van der Waals surface area contributed by atoms with Gasteiger partial charge in [0.1, 0.15) is 0 Å². The van der Waals surface area contributed by atoms with Gasteiger partial charge >= 0.3 is 0 Å². The fourth-order valence-electron chi connectivity index (χ4n) is 2.64. The fourth-order valence-corrected chi connectivity index (χ4v) is 2.64. The van der Waals surface area contributed by atoms with Crippen molar-refractivity contribution in [3.63, 3.8) is 0 Å². The van der Waals surface area contributed by atoms with Gasteiger partial charge in [-0.2, -0.15) is 0 Å². The molecule has 0 radical (unpaired) electrons. The Hall–Kier alpha value is -1.35. The summed E-state index contributed by atoms with van der Waals surface area (Å²) in [4.78, 5) is 12.1. The molecule has 3 nitrogen and oxygen atoms in total. The largest absolute Gasteiger partial charge is 0.388 e. The minimum atomic E-state index is -0.717. The maximum absolute atomic E-state index is 12.1. The van der Waals surface area contributed by atoms with Crippen LogP contribution in [0.2, 0.25) is 0 Å². The quantitative estimate of drug-likeness (QED) is 0.879. The summed E-state index contributed by atoms with van der Waals surface area (Å²) in [5, 5.41) is 13.3. The molecule has 1 aromatic rings. The van der Waals surface area contributed by atoms with E-state index in [1.807, 2.05) is 31.2 Å². The van der Waals surface area contributed by atoms with Gasteiger partial charge in [-0.1, -0.05) is 25.1 Å². The first-order valence-electron chi connectivity index (χ1n) is 7.06. The second-order valence-corrected chi connectivity index (χ2v) is 5.90. The molecule has 0 bridgehead atoms. The monoisotopic (exact) mass is 261 g/mol. The molecule has 1 fully saturated rings. The second-order valence-electron chi connectivity index (χ2n) is 5.90. The number of carbonyl (C=O) groups is 1. The van der Waals surface area contributed by atoms with Gasteiger partial charge in [0.25, 0.3) is 5.91 Å². The van der Waals surface area contributed by atoms with Gasteiger partial charge in [0, 0.05) is 12.1 Å². The van der Waals surface area contributed by atoms with Crippen LogP contribution < -0.4 is 5.32 Å². The molecule has 1 saturated carbocycles. The number of rotatable bonds is 3. The SMILES string of the molecule is Cc1ccccc1C(=O)NCC1(O)CCC(C)CC1. The maximum Gasteiger partial charge on any atom is 0.251 e. The van der Waals surface area contributed by atoms with Crippen LogP contribution in [0.1, 0.15) is 48.5 Å². The van der Waals surface area contributed by atoms with E-state index in [4.69, 9.17) is 0 Å². The lowest BCUT2D eigenvalue weighted by molar-refractivity contribution is -0.00540. The topological polar surface area (TPSA) is 49.3 Å². The predicted molar refractivity (Wildman–Crippen MR) is 76.1 cm³/mol. The molecular weight excluding hydrogens is 238 g/mol. The van der Waals surface area contributed by atoms with E-state index in [0.717, 1.165) is 31.2 Å². The highest BCUT2D eigenvalue weighted by Gasteiger charge is 2.32. The Morgan fingerprint density at radius 1 is 1.37 bits per heavy atom. The van der Waals surface area contributed by atoms with Crippen LogP contribution in [0.3, 0.4) is 0 Å². The van der Waals surface area contributed by atoms with Gasteiger partial charge in [-0.25, -0.2) is 0 Å². The standard InChI is InChI=1S/C16H23NO2/c1-12-7-9-16(19,10-8-12)11-17-15(18)14-6-4-3-5-13(14)2/h3-6,12,19H,7-11H2,1-2H3,(H,17,18). The van der Waals surface area contributed by atoms with Crippen LogP contribution in [0.15, 0.2) is 24.3 Å². The molecule has 1 aliphatic carbocycles. The average Bonchev–Trinajstić information content (AvgIpc) is 2.41. The Labute approximate surface area is 115 Å². The van der Waals surface area contributed by atoms with Crippen molar-refractivity contribution < 1.29 is 9.90 Å². The Balaban J connectivity index is 1.92. The van der Waals surface area contributed by atoms with Crippen LogP contribution in [0.25, 0.3) is 0 Å². The summed E-state index contributed by atoms with van der Waals surface area (Å²) in [7, 11) is 0. The normalized spacial score (nSPS) is 27.0. The van der Waals surface area contributed by atoms with Gasteiger partial charge in [0.2, 0.25) is 0 Å². The van der Waals surface area contributed by atoms with Crippen LogP contribution in [-0.4, -0.2) is 23.2 Å². The zero-order chi connectivity index (χ0) is 13.9. The first kappa shape index (κ1) is 14.1. The number of benzene rings is 1. The van der Waals surface area contributed by atoms with Crippen molar-refractivity contribution in [3.8, 4) is 0 Å². The van der Waals surface area contributed by atoms with Gasteiger partial charge in [-0.3, -0.25) is 4.79 Å². The van der Waals surface area contributed by atoms with Crippen molar-refractivity contribution in [1.82, 2.24) is 5.32 Å². The number of aryl methyl sites for hydroxylation is 1. The van der Waals surface area contributed by atoms with E-state index in [2.05, 4.69) is 12.2 Å². The molecule has 1 aromatic carbocycles. The highest BCUT2D eigenvalue weighted by molar-refractivity contribution is 5.95. The molecule has 0 aliphatic heterocycles. The Morgan fingerprint density at radius 2 is 2.00 bits per heavy atom. The molecule has 3 heteroatoms. The van der Waals surface area contributed by atoms with Gasteiger partial charge < -0.3 is 10.4 Å². The minimum absolute atomic E-state index is 0.0925. The number of hydrogen-bond donors (Lipinski definition) is 2. The van der Waals surface area contributed by atoms with E-state index in [0.29, 0.717) is 18.0 Å². The van der Waals surface area contributed by atoms with Crippen LogP contribution in [-0.2, 0) is 0 Å². The highest BCUT2D eigenvalue weighted by Crippen LogP contribution is 2.31. The van der Waals surface area contributed by atoms with E-state index < -0.39 is 5.60 Å². The molecule has 0 unspecified atom stereocenters. The molecule has 1 amide bonds. The lowest BCUT2D eigenvalue weighted by atomic mass is 9.79. The first-order chi connectivity index (χ1) is 9.00. The number of aliphatic hydroxyl groups is 1. The van der Waals surface area contributed by atoms with E-state index >= 15 is 0 Å².